The summed E-state index contributed by atoms with van der Waals surface area (Å²) in [5.41, 5.74) is 0.721. The molecule has 1 heterocycles. The van der Waals surface area contributed by atoms with Gasteiger partial charge in [-0.1, -0.05) is 0 Å². The van der Waals surface area contributed by atoms with Gasteiger partial charge in [0.25, 0.3) is 0 Å². The number of carboxylic acid groups (broad SMARTS) is 1. The van der Waals surface area contributed by atoms with Gasteiger partial charge in [0.05, 0.1) is 11.9 Å². The standard InChI is InChI=1S/C16H24BrN3O2/c1-15(2,3)20(14(21)22)11-16(5-6-16)10-19(4)13-7-12(17)8-18-9-13/h7-9H,5-6,10-11H2,1-4H3,(H,21,22). The van der Waals surface area contributed by atoms with Crippen LogP contribution in [-0.4, -0.2) is 46.8 Å². The molecule has 1 saturated carbocycles. The van der Waals surface area contributed by atoms with Crippen LogP contribution in [0, 0.1) is 5.41 Å². The zero-order chi connectivity index (χ0) is 16.5. The van der Waals surface area contributed by atoms with E-state index in [4.69, 9.17) is 0 Å². The van der Waals surface area contributed by atoms with E-state index in [1.165, 1.54) is 0 Å². The monoisotopic (exact) mass is 369 g/mol. The molecule has 0 aromatic carbocycles. The summed E-state index contributed by atoms with van der Waals surface area (Å²) in [7, 11) is 2.03. The van der Waals surface area contributed by atoms with Crippen molar-refractivity contribution in [1.29, 1.82) is 0 Å². The smallest absolute Gasteiger partial charge is 0.407 e. The highest BCUT2D eigenvalue weighted by atomic mass is 79.9. The third-order valence-electron chi connectivity index (χ3n) is 4.20. The van der Waals surface area contributed by atoms with Crippen LogP contribution in [0.25, 0.3) is 0 Å². The second-order valence-corrected chi connectivity index (χ2v) is 8.17. The molecule has 1 amide bonds. The van der Waals surface area contributed by atoms with Crippen molar-refractivity contribution >= 4 is 27.7 Å². The molecule has 122 valence electrons. The van der Waals surface area contributed by atoms with Crippen molar-refractivity contribution in [2.45, 2.75) is 39.2 Å². The summed E-state index contributed by atoms with van der Waals surface area (Å²) in [5, 5.41) is 9.48. The fraction of sp³-hybridized carbons (Fsp3) is 0.625. The molecule has 1 aliphatic carbocycles. The first-order valence-corrected chi connectivity index (χ1v) is 8.25. The Labute approximate surface area is 140 Å². The SMILES string of the molecule is CN(CC1(CN(C(=O)O)C(C)(C)C)CC1)c1cncc(Br)c1. The van der Waals surface area contributed by atoms with Gasteiger partial charge in [0, 0.05) is 41.8 Å². The van der Waals surface area contributed by atoms with Crippen LogP contribution < -0.4 is 4.90 Å². The summed E-state index contributed by atoms with van der Waals surface area (Å²) in [6.45, 7) is 7.25. The van der Waals surface area contributed by atoms with E-state index in [2.05, 4.69) is 25.8 Å². The minimum atomic E-state index is -0.842. The molecule has 1 aromatic heterocycles. The lowest BCUT2D eigenvalue weighted by molar-refractivity contribution is 0.0859. The van der Waals surface area contributed by atoms with Crippen LogP contribution in [-0.2, 0) is 0 Å². The quantitative estimate of drug-likeness (QED) is 0.856. The number of nitrogens with zero attached hydrogens (tertiary/aromatic N) is 3. The first-order valence-electron chi connectivity index (χ1n) is 7.45. The van der Waals surface area contributed by atoms with E-state index in [0.29, 0.717) is 6.54 Å². The second-order valence-electron chi connectivity index (χ2n) is 7.26. The molecule has 1 N–H and O–H groups in total. The van der Waals surface area contributed by atoms with Crippen LogP contribution in [0.2, 0.25) is 0 Å². The van der Waals surface area contributed by atoms with E-state index in [9.17, 15) is 9.90 Å². The Morgan fingerprint density at radius 2 is 2.00 bits per heavy atom. The summed E-state index contributed by atoms with van der Waals surface area (Å²) in [4.78, 5) is 19.5. The van der Waals surface area contributed by atoms with Gasteiger partial charge in [0.1, 0.15) is 0 Å². The molecule has 1 fully saturated rings. The van der Waals surface area contributed by atoms with Crippen molar-refractivity contribution in [3.63, 3.8) is 0 Å². The normalized spacial score (nSPS) is 16.2. The highest BCUT2D eigenvalue weighted by molar-refractivity contribution is 9.10. The Bertz CT molecular complexity index is 553. The number of pyridine rings is 1. The summed E-state index contributed by atoms with van der Waals surface area (Å²) >= 11 is 3.44. The number of amides is 1. The van der Waals surface area contributed by atoms with Crippen molar-refractivity contribution in [3.05, 3.63) is 22.9 Å². The van der Waals surface area contributed by atoms with Gasteiger partial charge in [0.15, 0.2) is 0 Å². The zero-order valence-electron chi connectivity index (χ0n) is 13.6. The first kappa shape index (κ1) is 17.1. The van der Waals surface area contributed by atoms with Crippen molar-refractivity contribution < 1.29 is 9.90 Å². The van der Waals surface area contributed by atoms with Gasteiger partial charge in [-0.2, -0.15) is 0 Å². The molecule has 1 aromatic rings. The van der Waals surface area contributed by atoms with E-state index < -0.39 is 6.09 Å². The van der Waals surface area contributed by atoms with Gasteiger partial charge in [-0.3, -0.25) is 4.98 Å². The summed E-state index contributed by atoms with van der Waals surface area (Å²) in [5.74, 6) is 0. The van der Waals surface area contributed by atoms with Gasteiger partial charge < -0.3 is 14.9 Å². The number of rotatable bonds is 5. The summed E-state index contributed by atoms with van der Waals surface area (Å²) in [6, 6.07) is 2.03. The minimum Gasteiger partial charge on any atom is -0.465 e. The lowest BCUT2D eigenvalue weighted by Crippen LogP contribution is -2.49. The molecule has 0 unspecified atom stereocenters. The van der Waals surface area contributed by atoms with Gasteiger partial charge >= 0.3 is 6.09 Å². The number of carbonyl (C=O) groups is 1. The van der Waals surface area contributed by atoms with E-state index >= 15 is 0 Å². The highest BCUT2D eigenvalue weighted by Crippen LogP contribution is 2.48. The Balaban J connectivity index is 2.07. The fourth-order valence-electron chi connectivity index (χ4n) is 2.67. The molecule has 1 aliphatic rings. The predicted molar refractivity (Wildman–Crippen MR) is 91.4 cm³/mol. The van der Waals surface area contributed by atoms with Crippen molar-refractivity contribution in [1.82, 2.24) is 9.88 Å². The molecule has 0 spiro atoms. The zero-order valence-corrected chi connectivity index (χ0v) is 15.2. The summed E-state index contributed by atoms with van der Waals surface area (Å²) in [6.07, 6.45) is 4.89. The molecule has 22 heavy (non-hydrogen) atoms. The Kier molecular flexibility index (Phi) is 4.70. The van der Waals surface area contributed by atoms with Gasteiger partial charge in [-0.25, -0.2) is 4.79 Å². The maximum absolute atomic E-state index is 11.5. The lowest BCUT2D eigenvalue weighted by atomic mass is 10.0. The lowest BCUT2D eigenvalue weighted by Gasteiger charge is -2.37. The Morgan fingerprint density at radius 1 is 1.36 bits per heavy atom. The maximum Gasteiger partial charge on any atom is 0.407 e. The summed E-state index contributed by atoms with van der Waals surface area (Å²) < 4.78 is 0.948. The van der Waals surface area contributed by atoms with E-state index in [-0.39, 0.29) is 11.0 Å². The number of anilines is 1. The topological polar surface area (TPSA) is 56.7 Å². The number of halogens is 1. The molecule has 0 aliphatic heterocycles. The van der Waals surface area contributed by atoms with E-state index in [1.54, 1.807) is 11.1 Å². The molecule has 0 atom stereocenters. The molecule has 0 bridgehead atoms. The molecule has 5 nitrogen and oxygen atoms in total. The van der Waals surface area contributed by atoms with Crippen molar-refractivity contribution in [3.8, 4) is 0 Å². The predicted octanol–water partition coefficient (Wildman–Crippen LogP) is 3.84. The fourth-order valence-corrected chi connectivity index (χ4v) is 3.03. The van der Waals surface area contributed by atoms with Gasteiger partial charge in [0.2, 0.25) is 0 Å². The highest BCUT2D eigenvalue weighted by Gasteiger charge is 2.47. The Hall–Kier alpha value is -1.30. The maximum atomic E-state index is 11.5. The van der Waals surface area contributed by atoms with Crippen LogP contribution in [0.15, 0.2) is 22.9 Å². The van der Waals surface area contributed by atoms with Gasteiger partial charge in [-0.15, -0.1) is 0 Å². The average molecular weight is 370 g/mol. The first-order chi connectivity index (χ1) is 10.1. The minimum absolute atomic E-state index is 0.0583. The number of aromatic nitrogens is 1. The van der Waals surface area contributed by atoms with E-state index in [1.807, 2.05) is 40.1 Å². The average Bonchev–Trinajstić information content (AvgIpc) is 3.14. The molecule has 2 rings (SSSR count). The third kappa shape index (κ3) is 4.12. The van der Waals surface area contributed by atoms with Crippen LogP contribution >= 0.6 is 15.9 Å². The van der Waals surface area contributed by atoms with Crippen LogP contribution in [0.1, 0.15) is 33.6 Å². The van der Waals surface area contributed by atoms with E-state index in [0.717, 1.165) is 29.5 Å². The van der Waals surface area contributed by atoms with Gasteiger partial charge in [-0.05, 0) is 55.6 Å². The molecule has 6 heteroatoms. The van der Waals surface area contributed by atoms with Crippen LogP contribution in [0.4, 0.5) is 10.5 Å². The largest absolute Gasteiger partial charge is 0.465 e. The molecule has 0 saturated heterocycles. The van der Waals surface area contributed by atoms with Crippen molar-refractivity contribution in [2.24, 2.45) is 5.41 Å². The molecular formula is C16H24BrN3O2. The van der Waals surface area contributed by atoms with Crippen LogP contribution in [0.3, 0.4) is 0 Å². The molecule has 0 radical (unpaired) electrons. The Morgan fingerprint density at radius 3 is 2.45 bits per heavy atom. The van der Waals surface area contributed by atoms with Crippen LogP contribution in [0.5, 0.6) is 0 Å². The third-order valence-corrected chi connectivity index (χ3v) is 4.63. The molecular weight excluding hydrogens is 346 g/mol. The number of hydrogen-bond donors (Lipinski definition) is 1. The second kappa shape index (κ2) is 6.07. The number of hydrogen-bond acceptors (Lipinski definition) is 3. The van der Waals surface area contributed by atoms with Crippen molar-refractivity contribution in [2.75, 3.05) is 25.0 Å².